The summed E-state index contributed by atoms with van der Waals surface area (Å²) < 4.78 is 0. The van der Waals surface area contributed by atoms with Crippen molar-refractivity contribution in [2.45, 2.75) is 132 Å². The van der Waals surface area contributed by atoms with E-state index in [0.29, 0.717) is 33.0 Å². The molecule has 0 saturated heterocycles. The lowest BCUT2D eigenvalue weighted by molar-refractivity contribution is -0.243. The summed E-state index contributed by atoms with van der Waals surface area (Å²) in [5.74, 6) is 3.91. The molecule has 0 aromatic heterocycles. The first kappa shape index (κ1) is 22.7. The van der Waals surface area contributed by atoms with Crippen LogP contribution in [0.2, 0.25) is 0 Å². The third-order valence-corrected chi connectivity index (χ3v) is 13.6. The van der Waals surface area contributed by atoms with E-state index in [1.807, 2.05) is 0 Å². The molecule has 5 aliphatic carbocycles. The minimum atomic E-state index is -0.517. The van der Waals surface area contributed by atoms with Gasteiger partial charge in [-0.15, -0.1) is 0 Å². The first-order valence-electron chi connectivity index (χ1n) is 13.9. The zero-order valence-corrected chi connectivity index (χ0v) is 22.1. The van der Waals surface area contributed by atoms with Crippen LogP contribution in [0.3, 0.4) is 0 Å². The fourth-order valence-corrected chi connectivity index (χ4v) is 12.1. The van der Waals surface area contributed by atoms with Gasteiger partial charge in [0.15, 0.2) is 0 Å². The van der Waals surface area contributed by atoms with E-state index in [9.17, 15) is 5.11 Å². The van der Waals surface area contributed by atoms with Crippen molar-refractivity contribution in [2.24, 2.45) is 56.7 Å². The van der Waals surface area contributed by atoms with Crippen molar-refractivity contribution in [3.8, 4) is 0 Å². The van der Waals surface area contributed by atoms with Crippen molar-refractivity contribution >= 4 is 0 Å². The molecule has 0 amide bonds. The maximum absolute atomic E-state index is 11.0. The molecule has 0 aromatic rings. The molecule has 0 radical (unpaired) electrons. The van der Waals surface area contributed by atoms with Gasteiger partial charge in [-0.05, 0) is 135 Å². The molecular formula is C30H52O. The zero-order chi connectivity index (χ0) is 22.7. The molecule has 9 atom stereocenters. The molecule has 1 heteroatoms. The van der Waals surface area contributed by atoms with E-state index in [-0.39, 0.29) is 0 Å². The van der Waals surface area contributed by atoms with Crippen molar-refractivity contribution in [2.75, 3.05) is 0 Å². The summed E-state index contributed by atoms with van der Waals surface area (Å²) in [6.07, 6.45) is 15.5. The highest BCUT2D eigenvalue weighted by atomic mass is 16.3. The third-order valence-electron chi connectivity index (χ3n) is 13.6. The maximum atomic E-state index is 11.0. The summed E-state index contributed by atoms with van der Waals surface area (Å²) in [7, 11) is 0. The molecule has 1 nitrogen and oxygen atoms in total. The summed E-state index contributed by atoms with van der Waals surface area (Å²) in [6.45, 7) is 20.3. The number of aliphatic hydroxyl groups is 1. The Hall–Kier alpha value is -0.0400. The maximum Gasteiger partial charge on any atom is 0.0622 e. The second-order valence-electron chi connectivity index (χ2n) is 15.4. The third kappa shape index (κ3) is 2.77. The fraction of sp³-hybridized carbons (Fsp3) is 1.00. The van der Waals surface area contributed by atoms with Crippen LogP contribution < -0.4 is 0 Å². The van der Waals surface area contributed by atoms with Crippen molar-refractivity contribution in [1.82, 2.24) is 0 Å². The Balaban J connectivity index is 1.52. The van der Waals surface area contributed by atoms with Gasteiger partial charge in [-0.2, -0.15) is 0 Å². The molecule has 0 spiro atoms. The Morgan fingerprint density at radius 3 is 1.81 bits per heavy atom. The van der Waals surface area contributed by atoms with Crippen LogP contribution in [0.15, 0.2) is 0 Å². The van der Waals surface area contributed by atoms with Crippen LogP contribution in [0.4, 0.5) is 0 Å². The average Bonchev–Trinajstić information content (AvgIpc) is 2.99. The van der Waals surface area contributed by atoms with Gasteiger partial charge in [0.2, 0.25) is 0 Å². The summed E-state index contributed by atoms with van der Waals surface area (Å²) in [4.78, 5) is 0. The molecule has 0 aromatic carbocycles. The van der Waals surface area contributed by atoms with Crippen molar-refractivity contribution < 1.29 is 5.11 Å². The van der Waals surface area contributed by atoms with E-state index >= 15 is 0 Å². The van der Waals surface area contributed by atoms with Gasteiger partial charge in [0, 0.05) is 0 Å². The molecule has 178 valence electrons. The molecular weight excluding hydrogens is 376 g/mol. The Labute approximate surface area is 193 Å². The molecule has 5 fully saturated rings. The molecule has 5 saturated carbocycles. The fourth-order valence-electron chi connectivity index (χ4n) is 12.1. The van der Waals surface area contributed by atoms with Crippen molar-refractivity contribution in [1.29, 1.82) is 0 Å². The summed E-state index contributed by atoms with van der Waals surface area (Å²) in [5, 5.41) is 11.0. The predicted octanol–water partition coefficient (Wildman–Crippen LogP) is 8.25. The molecule has 0 aliphatic heterocycles. The summed E-state index contributed by atoms with van der Waals surface area (Å²) in [5.41, 5.74) is 1.97. The largest absolute Gasteiger partial charge is 0.390 e. The van der Waals surface area contributed by atoms with E-state index in [1.165, 1.54) is 70.6 Å². The van der Waals surface area contributed by atoms with Gasteiger partial charge in [0.25, 0.3) is 0 Å². The quantitative estimate of drug-likeness (QED) is 0.445. The van der Waals surface area contributed by atoms with E-state index in [1.54, 1.807) is 0 Å². The lowest BCUT2D eigenvalue weighted by atomic mass is 9.32. The minimum Gasteiger partial charge on any atom is -0.390 e. The topological polar surface area (TPSA) is 20.2 Å². The monoisotopic (exact) mass is 428 g/mol. The van der Waals surface area contributed by atoms with E-state index < -0.39 is 5.60 Å². The Kier molecular flexibility index (Phi) is 4.80. The molecule has 1 N–H and O–H groups in total. The molecule has 0 bridgehead atoms. The first-order chi connectivity index (χ1) is 14.2. The highest BCUT2D eigenvalue weighted by Gasteiger charge is 2.70. The molecule has 31 heavy (non-hydrogen) atoms. The molecule has 5 rings (SSSR count). The number of hydrogen-bond acceptors (Lipinski definition) is 1. The molecule has 5 aliphatic rings. The van der Waals surface area contributed by atoms with Gasteiger partial charge in [-0.1, -0.05) is 48.0 Å². The SMILES string of the molecule is CC(C)(O)[C@H]1CC[C@@]2(C)C1CC[C@]1(C)C2CCC2[C@@]3(C)CCCC(C)(C)[C@@H]3CC[C@]21C. The Morgan fingerprint density at radius 1 is 0.613 bits per heavy atom. The second-order valence-corrected chi connectivity index (χ2v) is 15.4. The lowest BCUT2D eigenvalue weighted by Gasteiger charge is -2.73. The summed E-state index contributed by atoms with van der Waals surface area (Å²) >= 11 is 0. The number of hydrogen-bond donors (Lipinski definition) is 1. The van der Waals surface area contributed by atoms with Gasteiger partial charge in [0.1, 0.15) is 0 Å². The predicted molar refractivity (Wildman–Crippen MR) is 131 cm³/mol. The highest BCUT2D eigenvalue weighted by Crippen LogP contribution is 2.78. The first-order valence-corrected chi connectivity index (χ1v) is 13.9. The van der Waals surface area contributed by atoms with Crippen LogP contribution in [-0.4, -0.2) is 10.7 Å². The van der Waals surface area contributed by atoms with Crippen molar-refractivity contribution in [3.63, 3.8) is 0 Å². The van der Waals surface area contributed by atoms with Crippen molar-refractivity contribution in [3.05, 3.63) is 0 Å². The second kappa shape index (κ2) is 6.55. The highest BCUT2D eigenvalue weighted by molar-refractivity contribution is 5.19. The van der Waals surface area contributed by atoms with Gasteiger partial charge in [0.05, 0.1) is 5.60 Å². The van der Waals surface area contributed by atoms with Crippen LogP contribution in [0.25, 0.3) is 0 Å². The van der Waals surface area contributed by atoms with E-state index in [0.717, 1.165) is 23.7 Å². The molecule has 0 heterocycles. The van der Waals surface area contributed by atoms with E-state index in [2.05, 4.69) is 55.4 Å². The standard InChI is InChI=1S/C30H52O/c1-25(2)15-9-16-28(6)22(25)14-19-30(8)24(28)11-10-23-27(5)17-12-20(26(3,4)31)21(27)13-18-29(23,30)7/h20-24,31H,9-19H2,1-8H3/t20-,21?,22-,23?,24?,27-,28-,29+,30+/m0/s1. The van der Waals surface area contributed by atoms with Gasteiger partial charge in [-0.25, -0.2) is 0 Å². The van der Waals surface area contributed by atoms with Crippen LogP contribution in [0, 0.1) is 56.7 Å². The lowest BCUT2D eigenvalue weighted by Crippen LogP contribution is -2.66. The van der Waals surface area contributed by atoms with Crippen LogP contribution in [0.5, 0.6) is 0 Å². The van der Waals surface area contributed by atoms with E-state index in [4.69, 9.17) is 0 Å². The average molecular weight is 429 g/mol. The number of rotatable bonds is 1. The molecule has 3 unspecified atom stereocenters. The van der Waals surface area contributed by atoms with Gasteiger partial charge >= 0.3 is 0 Å². The summed E-state index contributed by atoms with van der Waals surface area (Å²) in [6, 6.07) is 0. The minimum absolute atomic E-state index is 0.440. The van der Waals surface area contributed by atoms with Gasteiger partial charge < -0.3 is 5.11 Å². The zero-order valence-electron chi connectivity index (χ0n) is 22.1. The van der Waals surface area contributed by atoms with Crippen LogP contribution in [-0.2, 0) is 0 Å². The van der Waals surface area contributed by atoms with Crippen LogP contribution in [0.1, 0.15) is 126 Å². The normalized spacial score (nSPS) is 56.2. The Morgan fingerprint density at radius 2 is 1.19 bits per heavy atom. The Bertz CT molecular complexity index is 731. The van der Waals surface area contributed by atoms with Gasteiger partial charge in [-0.3, -0.25) is 0 Å². The number of fused-ring (bicyclic) bond motifs is 7. The van der Waals surface area contributed by atoms with Crippen LogP contribution >= 0.6 is 0 Å². The smallest absolute Gasteiger partial charge is 0.0622 e.